The van der Waals surface area contributed by atoms with Gasteiger partial charge in [0.05, 0.1) is 16.7 Å². The average molecular weight is 804 g/mol. The molecule has 10 aromatic rings. The maximum absolute atomic E-state index is 2.63. The minimum absolute atomic E-state index is 0.00519. The minimum Gasteiger partial charge on any atom is -0.310 e. The zero-order valence-corrected chi connectivity index (χ0v) is 37.4. The molecular weight excluding hydrogens is 751 g/mol. The minimum atomic E-state index is -0.217. The van der Waals surface area contributed by atoms with Gasteiger partial charge in [-0.2, -0.15) is 0 Å². The van der Waals surface area contributed by atoms with Gasteiger partial charge in [-0.05, 0) is 174 Å². The number of aryl methyl sites for hydroxylation is 4. The molecule has 8 aromatic carbocycles. The molecule has 304 valence electrons. The summed E-state index contributed by atoms with van der Waals surface area (Å²) in [6.07, 6.45) is 0. The van der Waals surface area contributed by atoms with Gasteiger partial charge >= 0.3 is 0 Å². The lowest BCUT2D eigenvalue weighted by Gasteiger charge is -2.28. The number of anilines is 6. The standard InChI is InChI=1S/C59H53N3/c1-36-14-10-18-42(28-36)60(43-19-11-15-37(2)29-43)46-24-22-40-32-51-55-57(62-53-27-23-41(58(5,6)7)33-50(53)54(56(51)62)48(40)34-46)49-35-47(25-26-52(49)59(55,8)9)61(44-20-12-16-38(3)30-44)45-21-13-17-39(4)31-45/h10-35H,1-9H3. The third-order valence-corrected chi connectivity index (χ3v) is 13.5. The number of nitrogens with zero attached hydrogens (tertiary/aromatic N) is 3. The molecule has 3 nitrogen and oxygen atoms in total. The van der Waals surface area contributed by atoms with Crippen molar-refractivity contribution in [2.24, 2.45) is 0 Å². The summed E-state index contributed by atoms with van der Waals surface area (Å²) in [5.74, 6) is 0. The quantitative estimate of drug-likeness (QED) is 0.166. The number of rotatable bonds is 6. The van der Waals surface area contributed by atoms with E-state index in [0.29, 0.717) is 0 Å². The fraction of sp³-hybridized carbons (Fsp3) is 0.186. The summed E-state index contributed by atoms with van der Waals surface area (Å²) < 4.78 is 2.63. The van der Waals surface area contributed by atoms with E-state index < -0.39 is 0 Å². The van der Waals surface area contributed by atoms with Crippen LogP contribution in [0.4, 0.5) is 34.1 Å². The van der Waals surface area contributed by atoms with Crippen molar-refractivity contribution in [2.75, 3.05) is 9.80 Å². The number of fused-ring (bicyclic) bond motifs is 10. The molecule has 3 heteroatoms. The van der Waals surface area contributed by atoms with Crippen LogP contribution >= 0.6 is 0 Å². The van der Waals surface area contributed by atoms with E-state index in [2.05, 4.69) is 234 Å². The Kier molecular flexibility index (Phi) is 8.35. The second-order valence-electron chi connectivity index (χ2n) is 19.5. The van der Waals surface area contributed by atoms with Crippen molar-refractivity contribution in [3.63, 3.8) is 0 Å². The highest BCUT2D eigenvalue weighted by molar-refractivity contribution is 6.28. The molecule has 2 heterocycles. The molecule has 0 N–H and O–H groups in total. The van der Waals surface area contributed by atoms with Crippen LogP contribution in [0.1, 0.15) is 73.6 Å². The van der Waals surface area contributed by atoms with Crippen molar-refractivity contribution >= 4 is 72.1 Å². The Morgan fingerprint density at radius 2 is 0.968 bits per heavy atom. The fourth-order valence-electron chi connectivity index (χ4n) is 10.6. The van der Waals surface area contributed by atoms with Gasteiger partial charge in [-0.3, -0.25) is 0 Å². The van der Waals surface area contributed by atoms with Crippen LogP contribution in [0.5, 0.6) is 0 Å². The van der Waals surface area contributed by atoms with Crippen LogP contribution in [0.3, 0.4) is 0 Å². The first-order valence-corrected chi connectivity index (χ1v) is 22.1. The summed E-state index contributed by atoms with van der Waals surface area (Å²) >= 11 is 0. The molecule has 1 aliphatic rings. The predicted molar refractivity (Wildman–Crippen MR) is 266 cm³/mol. The summed E-state index contributed by atoms with van der Waals surface area (Å²) in [5, 5.41) is 6.52. The summed E-state index contributed by atoms with van der Waals surface area (Å²) in [6.45, 7) is 20.6. The summed E-state index contributed by atoms with van der Waals surface area (Å²) in [4.78, 5) is 4.85. The van der Waals surface area contributed by atoms with Gasteiger partial charge in [0.2, 0.25) is 0 Å². The van der Waals surface area contributed by atoms with Crippen LogP contribution < -0.4 is 9.80 Å². The van der Waals surface area contributed by atoms with Crippen LogP contribution in [0.2, 0.25) is 0 Å². The van der Waals surface area contributed by atoms with Gasteiger partial charge in [0.1, 0.15) is 0 Å². The van der Waals surface area contributed by atoms with Gasteiger partial charge in [-0.15, -0.1) is 0 Å². The molecule has 0 unspecified atom stereocenters. The average Bonchev–Trinajstić information content (AvgIpc) is 3.83. The molecule has 11 rings (SSSR count). The Labute approximate surface area is 365 Å². The lowest BCUT2D eigenvalue weighted by Crippen LogP contribution is -2.15. The SMILES string of the molecule is Cc1cccc(N(c2cccc(C)c2)c2ccc3c(c2)-c2c(c4cc5ccc(N(c6cccc(C)c6)c6cccc(C)c6)cc5c5c6cc(C(C)(C)C)ccc6n2c45)C3(C)C)c1. The summed E-state index contributed by atoms with van der Waals surface area (Å²) in [6, 6.07) is 59.6. The van der Waals surface area contributed by atoms with E-state index >= 15 is 0 Å². The van der Waals surface area contributed by atoms with Crippen molar-refractivity contribution in [2.45, 2.75) is 73.1 Å². The molecular formula is C59H53N3. The van der Waals surface area contributed by atoms with E-state index in [1.807, 2.05) is 0 Å². The van der Waals surface area contributed by atoms with Crippen molar-refractivity contribution < 1.29 is 0 Å². The van der Waals surface area contributed by atoms with Gasteiger partial charge in [0, 0.05) is 61.3 Å². The molecule has 0 spiro atoms. The van der Waals surface area contributed by atoms with Gasteiger partial charge in [0.15, 0.2) is 0 Å². The molecule has 62 heavy (non-hydrogen) atoms. The number of hydrogen-bond donors (Lipinski definition) is 0. The van der Waals surface area contributed by atoms with Gasteiger partial charge in [-0.1, -0.05) is 101 Å². The van der Waals surface area contributed by atoms with Gasteiger partial charge < -0.3 is 14.2 Å². The maximum Gasteiger partial charge on any atom is 0.0624 e. The summed E-state index contributed by atoms with van der Waals surface area (Å²) in [7, 11) is 0. The van der Waals surface area contributed by atoms with Gasteiger partial charge in [-0.25, -0.2) is 0 Å². The van der Waals surface area contributed by atoms with Crippen molar-refractivity contribution in [1.82, 2.24) is 4.40 Å². The van der Waals surface area contributed by atoms with Crippen LogP contribution in [-0.2, 0) is 10.8 Å². The molecule has 1 aliphatic carbocycles. The van der Waals surface area contributed by atoms with Crippen LogP contribution in [0.15, 0.2) is 158 Å². The maximum atomic E-state index is 2.63. The molecule has 0 saturated heterocycles. The van der Waals surface area contributed by atoms with Crippen LogP contribution in [-0.4, -0.2) is 4.40 Å². The molecule has 0 aliphatic heterocycles. The highest BCUT2D eigenvalue weighted by atomic mass is 15.1. The summed E-state index contributed by atoms with van der Waals surface area (Å²) in [5.41, 5.74) is 21.0. The third-order valence-electron chi connectivity index (χ3n) is 13.5. The highest BCUT2D eigenvalue weighted by Gasteiger charge is 2.42. The molecule has 0 amide bonds. The second kappa shape index (κ2) is 13.6. The van der Waals surface area contributed by atoms with E-state index in [-0.39, 0.29) is 10.8 Å². The van der Waals surface area contributed by atoms with Crippen molar-refractivity contribution in [3.05, 3.63) is 197 Å². The van der Waals surface area contributed by atoms with E-state index in [9.17, 15) is 0 Å². The highest BCUT2D eigenvalue weighted by Crippen LogP contribution is 2.57. The van der Waals surface area contributed by atoms with E-state index in [1.54, 1.807) is 0 Å². The Balaban J connectivity index is 1.22. The first-order chi connectivity index (χ1) is 29.8. The Hall–Kier alpha value is -6.84. The predicted octanol–water partition coefficient (Wildman–Crippen LogP) is 16.6. The number of aromatic nitrogens is 1. The number of hydrogen-bond acceptors (Lipinski definition) is 2. The third kappa shape index (κ3) is 5.78. The smallest absolute Gasteiger partial charge is 0.0624 e. The lowest BCUT2D eigenvalue weighted by atomic mass is 9.81. The second-order valence-corrected chi connectivity index (χ2v) is 19.5. The molecule has 0 fully saturated rings. The zero-order chi connectivity index (χ0) is 42.8. The Morgan fingerprint density at radius 3 is 1.48 bits per heavy atom. The van der Waals surface area contributed by atoms with Crippen molar-refractivity contribution in [1.29, 1.82) is 0 Å². The molecule has 0 bridgehead atoms. The number of benzene rings is 8. The van der Waals surface area contributed by atoms with Crippen LogP contribution in [0.25, 0.3) is 49.2 Å². The normalized spacial score (nSPS) is 13.4. The largest absolute Gasteiger partial charge is 0.310 e. The molecule has 0 saturated carbocycles. The van der Waals surface area contributed by atoms with E-state index in [4.69, 9.17) is 0 Å². The topological polar surface area (TPSA) is 10.9 Å². The molecule has 0 atom stereocenters. The van der Waals surface area contributed by atoms with E-state index in [0.717, 1.165) is 34.1 Å². The first-order valence-electron chi connectivity index (χ1n) is 22.1. The Bertz CT molecular complexity index is 3340. The fourth-order valence-corrected chi connectivity index (χ4v) is 10.6. The molecule has 2 aromatic heterocycles. The monoisotopic (exact) mass is 803 g/mol. The van der Waals surface area contributed by atoms with Crippen LogP contribution in [0, 0.1) is 27.7 Å². The van der Waals surface area contributed by atoms with E-state index in [1.165, 1.54) is 88.2 Å². The van der Waals surface area contributed by atoms with Crippen molar-refractivity contribution in [3.8, 4) is 11.3 Å². The zero-order valence-electron chi connectivity index (χ0n) is 37.4. The first kappa shape index (κ1) is 38.1. The molecule has 0 radical (unpaired) electrons. The Morgan fingerprint density at radius 1 is 0.468 bits per heavy atom. The van der Waals surface area contributed by atoms with Gasteiger partial charge in [0.25, 0.3) is 0 Å². The lowest BCUT2D eigenvalue weighted by molar-refractivity contribution is 0.591.